The molecule has 0 aromatic rings. The summed E-state index contributed by atoms with van der Waals surface area (Å²) in [5, 5.41) is 6.89. The van der Waals surface area contributed by atoms with E-state index < -0.39 is 0 Å². The predicted molar refractivity (Wildman–Crippen MR) is 124 cm³/mol. The third kappa shape index (κ3) is 5.55. The van der Waals surface area contributed by atoms with Crippen LogP contribution in [0, 0.1) is 35.0 Å². The van der Waals surface area contributed by atoms with Crippen LogP contribution in [0.5, 0.6) is 0 Å². The van der Waals surface area contributed by atoms with E-state index in [0.29, 0.717) is 5.41 Å². The van der Waals surface area contributed by atoms with Crippen LogP contribution in [-0.2, 0) is 9.53 Å². The Balaban J connectivity index is 0.00000120. The fourth-order valence-corrected chi connectivity index (χ4v) is 7.00. The van der Waals surface area contributed by atoms with E-state index in [4.69, 9.17) is 14.6 Å². The Morgan fingerprint density at radius 2 is 1.59 bits per heavy atom. The van der Waals surface area contributed by atoms with Crippen molar-refractivity contribution in [3.8, 4) is 0 Å². The van der Waals surface area contributed by atoms with Gasteiger partial charge in [-0.2, -0.15) is 0 Å². The molecular weight excluding hydrogens is 362 g/mol. The van der Waals surface area contributed by atoms with Crippen LogP contribution in [0.1, 0.15) is 106 Å². The van der Waals surface area contributed by atoms with E-state index in [1.165, 1.54) is 57.8 Å². The first kappa shape index (κ1) is 28.4. The minimum Gasteiger partial charge on any atom is -0.483 e. The number of rotatable bonds is 5. The van der Waals surface area contributed by atoms with Gasteiger partial charge in [0.15, 0.2) is 0 Å². The molecule has 2 saturated carbocycles. The lowest BCUT2D eigenvalue weighted by atomic mass is 9.51. The zero-order valence-electron chi connectivity index (χ0n) is 20.5. The average molecular weight is 414 g/mol. The van der Waals surface area contributed by atoms with E-state index in [1.807, 2.05) is 13.8 Å². The number of hydrogen-bond donors (Lipinski definition) is 2. The van der Waals surface area contributed by atoms with Gasteiger partial charge in [-0.1, -0.05) is 67.2 Å². The van der Waals surface area contributed by atoms with E-state index in [-0.39, 0.29) is 18.2 Å². The molecule has 3 fully saturated rings. The van der Waals surface area contributed by atoms with Crippen molar-refractivity contribution in [3.63, 3.8) is 0 Å². The lowest BCUT2D eigenvalue weighted by Gasteiger charge is -2.58. The molecular formula is C25H51NO3. The van der Waals surface area contributed by atoms with Gasteiger partial charge in [0.1, 0.15) is 0 Å². The summed E-state index contributed by atoms with van der Waals surface area (Å²) in [7, 11) is 0. The summed E-state index contributed by atoms with van der Waals surface area (Å²) in [5.74, 6) is 4.33. The van der Waals surface area contributed by atoms with Crippen molar-refractivity contribution in [2.24, 2.45) is 35.0 Å². The predicted octanol–water partition coefficient (Wildman–Crippen LogP) is 7.35. The van der Waals surface area contributed by atoms with Crippen LogP contribution in [0.2, 0.25) is 0 Å². The largest absolute Gasteiger partial charge is 0.483 e. The molecule has 29 heavy (non-hydrogen) atoms. The summed E-state index contributed by atoms with van der Waals surface area (Å²) in [6.45, 7) is 17.0. The van der Waals surface area contributed by atoms with Crippen molar-refractivity contribution in [1.82, 2.24) is 6.15 Å². The van der Waals surface area contributed by atoms with Crippen LogP contribution in [0.4, 0.5) is 0 Å². The van der Waals surface area contributed by atoms with Crippen molar-refractivity contribution in [2.75, 3.05) is 6.61 Å². The SMILES string of the molecule is CC.CCCCC1CCC2C3CCC(CC)C(C)(CC)C3COC12C.N.O=CO. The Morgan fingerprint density at radius 3 is 2.10 bits per heavy atom. The maximum Gasteiger partial charge on any atom is 0.290 e. The first-order chi connectivity index (χ1) is 13.4. The van der Waals surface area contributed by atoms with Crippen molar-refractivity contribution < 1.29 is 14.6 Å². The van der Waals surface area contributed by atoms with Gasteiger partial charge >= 0.3 is 0 Å². The van der Waals surface area contributed by atoms with Crippen LogP contribution in [0.25, 0.3) is 0 Å². The van der Waals surface area contributed by atoms with Crippen LogP contribution in [0.3, 0.4) is 0 Å². The molecule has 2 aliphatic carbocycles. The summed E-state index contributed by atoms with van der Waals surface area (Å²) >= 11 is 0. The third-order valence-electron chi connectivity index (χ3n) is 8.77. The molecule has 0 spiro atoms. The lowest BCUT2D eigenvalue weighted by molar-refractivity contribution is -0.208. The van der Waals surface area contributed by atoms with Gasteiger partial charge in [0.05, 0.1) is 12.2 Å². The molecule has 4 nitrogen and oxygen atoms in total. The fraction of sp³-hybridized carbons (Fsp3) is 0.960. The summed E-state index contributed by atoms with van der Waals surface area (Å²) in [6, 6.07) is 0. The molecule has 0 aromatic heterocycles. The number of fused-ring (bicyclic) bond motifs is 3. The van der Waals surface area contributed by atoms with Gasteiger partial charge in [0, 0.05) is 0 Å². The molecule has 3 aliphatic rings. The van der Waals surface area contributed by atoms with Crippen LogP contribution in [-0.4, -0.2) is 23.8 Å². The van der Waals surface area contributed by atoms with Gasteiger partial charge in [0.25, 0.3) is 6.47 Å². The normalized spacial score (nSPS) is 40.0. The summed E-state index contributed by atoms with van der Waals surface area (Å²) in [6.07, 6.45) is 12.6. The number of hydrogen-bond acceptors (Lipinski definition) is 3. The molecule has 7 unspecified atom stereocenters. The van der Waals surface area contributed by atoms with E-state index in [9.17, 15) is 0 Å². The minimum atomic E-state index is -0.250. The van der Waals surface area contributed by atoms with Gasteiger partial charge in [-0.25, -0.2) is 0 Å². The zero-order valence-corrected chi connectivity index (χ0v) is 20.5. The number of ether oxygens (including phenoxy) is 1. The van der Waals surface area contributed by atoms with Gasteiger partial charge in [-0.05, 0) is 74.0 Å². The molecule has 0 aromatic carbocycles. The van der Waals surface area contributed by atoms with E-state index in [2.05, 4.69) is 34.6 Å². The second-order valence-corrected chi connectivity index (χ2v) is 9.44. The van der Waals surface area contributed by atoms with Crippen molar-refractivity contribution >= 4 is 6.47 Å². The maximum atomic E-state index is 8.36. The number of carbonyl (C=O) groups is 1. The first-order valence-electron chi connectivity index (χ1n) is 12.1. The molecule has 1 saturated heterocycles. The average Bonchev–Trinajstić information content (AvgIpc) is 3.05. The van der Waals surface area contributed by atoms with E-state index >= 15 is 0 Å². The molecule has 3 rings (SSSR count). The molecule has 0 bridgehead atoms. The first-order valence-corrected chi connectivity index (χ1v) is 12.1. The molecule has 0 radical (unpaired) electrons. The summed E-state index contributed by atoms with van der Waals surface area (Å²) < 4.78 is 6.76. The molecule has 0 amide bonds. The topological polar surface area (TPSA) is 81.5 Å². The number of unbranched alkanes of at least 4 members (excludes halogenated alkanes) is 1. The highest BCUT2D eigenvalue weighted by atomic mass is 16.5. The Kier molecular flexibility index (Phi) is 12.7. The Hall–Kier alpha value is -0.610. The lowest BCUT2D eigenvalue weighted by Crippen LogP contribution is -2.57. The second kappa shape index (κ2) is 12.9. The highest BCUT2D eigenvalue weighted by Gasteiger charge is 2.59. The molecule has 1 aliphatic heterocycles. The van der Waals surface area contributed by atoms with Gasteiger partial charge in [0.2, 0.25) is 0 Å². The Bertz CT molecular complexity index is 457. The van der Waals surface area contributed by atoms with Crippen LogP contribution >= 0.6 is 0 Å². The minimum absolute atomic E-state index is 0. The quantitative estimate of drug-likeness (QED) is 0.462. The summed E-state index contributed by atoms with van der Waals surface area (Å²) in [5.41, 5.74) is 0.713. The van der Waals surface area contributed by atoms with E-state index in [1.54, 1.807) is 0 Å². The molecule has 4 heteroatoms. The molecule has 4 N–H and O–H groups in total. The Labute approximate surface area is 181 Å². The molecule has 174 valence electrons. The van der Waals surface area contributed by atoms with Gasteiger partial charge in [-0.15, -0.1) is 0 Å². The fourth-order valence-electron chi connectivity index (χ4n) is 7.00. The van der Waals surface area contributed by atoms with Crippen molar-refractivity contribution in [3.05, 3.63) is 0 Å². The van der Waals surface area contributed by atoms with Crippen molar-refractivity contribution in [1.29, 1.82) is 0 Å². The van der Waals surface area contributed by atoms with Crippen molar-refractivity contribution in [2.45, 2.75) is 112 Å². The number of carboxylic acid groups (broad SMARTS) is 1. The van der Waals surface area contributed by atoms with Gasteiger partial charge < -0.3 is 16.0 Å². The standard InChI is InChI=1S/C22H40O.C2H6.CH2O2.H3N/c1-6-9-10-17-12-14-19-18-13-11-16(7-2)21(4,8-3)20(18)15-23-22(17,19)5;1-2;2-1-3;/h16-20H,6-15H2,1-5H3;1-2H3;1H,(H,2,3);1H3. The van der Waals surface area contributed by atoms with Crippen LogP contribution < -0.4 is 6.15 Å². The zero-order chi connectivity index (χ0) is 21.4. The third-order valence-corrected chi connectivity index (χ3v) is 8.77. The van der Waals surface area contributed by atoms with E-state index in [0.717, 1.165) is 36.2 Å². The second-order valence-electron chi connectivity index (χ2n) is 9.44. The monoisotopic (exact) mass is 413 g/mol. The smallest absolute Gasteiger partial charge is 0.290 e. The van der Waals surface area contributed by atoms with Gasteiger partial charge in [-0.3, -0.25) is 4.79 Å². The highest BCUT2D eigenvalue weighted by Crippen LogP contribution is 2.62. The molecule has 7 atom stereocenters. The summed E-state index contributed by atoms with van der Waals surface area (Å²) in [4.78, 5) is 8.36. The molecule has 1 heterocycles. The Morgan fingerprint density at radius 1 is 1.00 bits per heavy atom. The maximum absolute atomic E-state index is 8.36. The van der Waals surface area contributed by atoms with Crippen LogP contribution in [0.15, 0.2) is 0 Å². The highest BCUT2D eigenvalue weighted by molar-refractivity contribution is 5.32.